The van der Waals surface area contributed by atoms with Gasteiger partial charge in [-0.05, 0) is 18.2 Å². The molecule has 1 aromatic carbocycles. The molecule has 0 aliphatic heterocycles. The average Bonchev–Trinajstić information content (AvgIpc) is 3.36. The number of ether oxygens (including phenoxy) is 2. The molecule has 0 saturated heterocycles. The summed E-state index contributed by atoms with van der Waals surface area (Å²) in [5, 5.41) is 4.98. The zero-order valence-electron chi connectivity index (χ0n) is 14.6. The Labute approximate surface area is 168 Å². The Hall–Kier alpha value is -3.10. The second kappa shape index (κ2) is 8.73. The van der Waals surface area contributed by atoms with Gasteiger partial charge in [-0.2, -0.15) is 0 Å². The lowest BCUT2D eigenvalue weighted by atomic mass is 10.0. The number of carbonyl (C=O) groups excluding carboxylic acids is 3. The molecule has 0 aliphatic rings. The molecule has 0 fully saturated rings. The molecule has 9 heteroatoms. The second-order valence-electron chi connectivity index (χ2n) is 5.43. The molecule has 7 nitrogen and oxygen atoms in total. The van der Waals surface area contributed by atoms with Gasteiger partial charge in [-0.15, -0.1) is 11.3 Å². The largest absolute Gasteiger partial charge is 0.465 e. The summed E-state index contributed by atoms with van der Waals surface area (Å²) >= 11 is 7.36. The van der Waals surface area contributed by atoms with Crippen LogP contribution in [-0.4, -0.2) is 31.6 Å². The second-order valence-corrected chi connectivity index (χ2v) is 6.71. The number of nitrogens with one attached hydrogen (secondary N) is 1. The lowest BCUT2D eigenvalue weighted by Crippen LogP contribution is -2.21. The van der Waals surface area contributed by atoms with E-state index in [0.29, 0.717) is 16.1 Å². The Balaban J connectivity index is 1.78. The number of halogens is 1. The molecular formula is C19H14ClNO6S. The molecule has 1 amide bonds. The number of benzene rings is 1. The highest BCUT2D eigenvalue weighted by Crippen LogP contribution is 2.39. The van der Waals surface area contributed by atoms with Crippen LogP contribution >= 0.6 is 22.9 Å². The summed E-state index contributed by atoms with van der Waals surface area (Å²) in [5.41, 5.74) is 1.34. The van der Waals surface area contributed by atoms with Gasteiger partial charge in [-0.1, -0.05) is 29.8 Å². The Morgan fingerprint density at radius 3 is 2.57 bits per heavy atom. The summed E-state index contributed by atoms with van der Waals surface area (Å²) in [6, 6.07) is 9.96. The van der Waals surface area contributed by atoms with E-state index in [1.54, 1.807) is 29.6 Å². The SMILES string of the molecule is COC(=O)c1c(-c2ccccc2Cl)csc1NC(=O)COC(=O)c1ccco1. The van der Waals surface area contributed by atoms with Gasteiger partial charge in [0, 0.05) is 21.5 Å². The molecule has 0 unspecified atom stereocenters. The summed E-state index contributed by atoms with van der Waals surface area (Å²) < 4.78 is 14.6. The summed E-state index contributed by atoms with van der Waals surface area (Å²) in [4.78, 5) is 36.2. The van der Waals surface area contributed by atoms with Gasteiger partial charge in [0.15, 0.2) is 6.61 Å². The number of esters is 2. The van der Waals surface area contributed by atoms with Crippen LogP contribution in [0, 0.1) is 0 Å². The molecule has 3 rings (SSSR count). The molecule has 0 saturated carbocycles. The number of carbonyl (C=O) groups is 3. The minimum Gasteiger partial charge on any atom is -0.465 e. The van der Waals surface area contributed by atoms with Crippen molar-refractivity contribution in [2.24, 2.45) is 0 Å². The summed E-state index contributed by atoms with van der Waals surface area (Å²) in [6.45, 7) is -0.542. The van der Waals surface area contributed by atoms with Crippen molar-refractivity contribution in [3.63, 3.8) is 0 Å². The van der Waals surface area contributed by atoms with Gasteiger partial charge >= 0.3 is 11.9 Å². The van der Waals surface area contributed by atoms with Crippen molar-refractivity contribution < 1.29 is 28.3 Å². The molecule has 0 bridgehead atoms. The molecule has 3 aromatic rings. The molecule has 2 aromatic heterocycles. The van der Waals surface area contributed by atoms with Crippen molar-refractivity contribution in [2.45, 2.75) is 0 Å². The first-order chi connectivity index (χ1) is 13.5. The monoisotopic (exact) mass is 419 g/mol. The molecule has 0 atom stereocenters. The highest BCUT2D eigenvalue weighted by Gasteiger charge is 2.24. The van der Waals surface area contributed by atoms with E-state index >= 15 is 0 Å². The van der Waals surface area contributed by atoms with Crippen LogP contribution < -0.4 is 5.32 Å². The van der Waals surface area contributed by atoms with Gasteiger partial charge in [0.2, 0.25) is 5.76 Å². The average molecular weight is 420 g/mol. The molecule has 0 spiro atoms. The number of hydrogen-bond acceptors (Lipinski definition) is 7. The topological polar surface area (TPSA) is 94.8 Å². The van der Waals surface area contributed by atoms with E-state index in [4.69, 9.17) is 25.5 Å². The van der Waals surface area contributed by atoms with Gasteiger partial charge < -0.3 is 19.2 Å². The maximum absolute atomic E-state index is 12.3. The van der Waals surface area contributed by atoms with Crippen molar-refractivity contribution in [2.75, 3.05) is 19.0 Å². The first-order valence-electron chi connectivity index (χ1n) is 7.96. The predicted octanol–water partition coefficient (Wildman–Crippen LogP) is 4.24. The number of furan rings is 1. The minimum atomic E-state index is -0.767. The maximum atomic E-state index is 12.3. The lowest BCUT2D eigenvalue weighted by Gasteiger charge is -2.09. The lowest BCUT2D eigenvalue weighted by molar-refractivity contribution is -0.119. The van der Waals surface area contributed by atoms with E-state index in [1.807, 2.05) is 0 Å². The highest BCUT2D eigenvalue weighted by atomic mass is 35.5. The van der Waals surface area contributed by atoms with E-state index < -0.39 is 24.5 Å². The zero-order chi connectivity index (χ0) is 20.1. The standard InChI is InChI=1S/C19H14ClNO6S/c1-25-19(24)16-12(11-5-2-3-6-13(11)20)10-28-17(16)21-15(22)9-27-18(23)14-7-4-8-26-14/h2-8,10H,9H2,1H3,(H,21,22). The number of methoxy groups -OCH3 is 1. The van der Waals surface area contributed by atoms with Gasteiger partial charge in [-0.3, -0.25) is 4.79 Å². The maximum Gasteiger partial charge on any atom is 0.374 e. The Morgan fingerprint density at radius 2 is 1.89 bits per heavy atom. The molecule has 2 heterocycles. The number of hydrogen-bond donors (Lipinski definition) is 1. The molecule has 0 aliphatic carbocycles. The van der Waals surface area contributed by atoms with Crippen LogP contribution in [0.5, 0.6) is 0 Å². The van der Waals surface area contributed by atoms with E-state index in [-0.39, 0.29) is 16.3 Å². The van der Waals surface area contributed by atoms with Crippen molar-refractivity contribution in [1.82, 2.24) is 0 Å². The van der Waals surface area contributed by atoms with Crippen LogP contribution in [0.2, 0.25) is 5.02 Å². The third-order valence-electron chi connectivity index (χ3n) is 3.65. The van der Waals surface area contributed by atoms with Crippen LogP contribution in [-0.2, 0) is 14.3 Å². The fourth-order valence-corrected chi connectivity index (χ4v) is 3.59. The van der Waals surface area contributed by atoms with Crippen molar-refractivity contribution in [3.8, 4) is 11.1 Å². The minimum absolute atomic E-state index is 0.0137. The van der Waals surface area contributed by atoms with Crippen LogP contribution in [0.15, 0.2) is 52.5 Å². The smallest absolute Gasteiger partial charge is 0.374 e. The first kappa shape index (κ1) is 19.7. The summed E-state index contributed by atoms with van der Waals surface area (Å²) in [6.07, 6.45) is 1.32. The molecule has 1 N–H and O–H groups in total. The van der Waals surface area contributed by atoms with Crippen LogP contribution in [0.3, 0.4) is 0 Å². The van der Waals surface area contributed by atoms with E-state index in [0.717, 1.165) is 11.3 Å². The highest BCUT2D eigenvalue weighted by molar-refractivity contribution is 7.15. The van der Waals surface area contributed by atoms with Crippen LogP contribution in [0.1, 0.15) is 20.9 Å². The van der Waals surface area contributed by atoms with Crippen LogP contribution in [0.25, 0.3) is 11.1 Å². The Bertz CT molecular complexity index is 1010. The quantitative estimate of drug-likeness (QED) is 0.600. The summed E-state index contributed by atoms with van der Waals surface area (Å²) in [7, 11) is 1.24. The number of rotatable bonds is 6. The number of anilines is 1. The van der Waals surface area contributed by atoms with Crippen molar-refractivity contribution in [1.29, 1.82) is 0 Å². The van der Waals surface area contributed by atoms with E-state index in [2.05, 4.69) is 5.32 Å². The molecular weight excluding hydrogens is 406 g/mol. The van der Waals surface area contributed by atoms with Gasteiger partial charge in [0.05, 0.1) is 13.4 Å². The number of thiophene rings is 1. The van der Waals surface area contributed by atoms with E-state index in [1.165, 1.54) is 25.5 Å². The predicted molar refractivity (Wildman–Crippen MR) is 104 cm³/mol. The number of amides is 1. The fraction of sp³-hybridized carbons (Fsp3) is 0.105. The van der Waals surface area contributed by atoms with Crippen molar-refractivity contribution >= 4 is 45.8 Å². The first-order valence-corrected chi connectivity index (χ1v) is 9.22. The fourth-order valence-electron chi connectivity index (χ4n) is 2.39. The third-order valence-corrected chi connectivity index (χ3v) is 4.88. The Kier molecular flexibility index (Phi) is 6.13. The molecule has 144 valence electrons. The molecule has 0 radical (unpaired) electrons. The van der Waals surface area contributed by atoms with Crippen molar-refractivity contribution in [3.05, 3.63) is 64.4 Å². The van der Waals surface area contributed by atoms with Gasteiger partial charge in [-0.25, -0.2) is 9.59 Å². The molecule has 28 heavy (non-hydrogen) atoms. The summed E-state index contributed by atoms with van der Waals surface area (Å²) in [5.74, 6) is -2.02. The zero-order valence-corrected chi connectivity index (χ0v) is 16.1. The third kappa shape index (κ3) is 4.24. The van der Waals surface area contributed by atoms with E-state index in [9.17, 15) is 14.4 Å². The Morgan fingerprint density at radius 1 is 1.11 bits per heavy atom. The van der Waals surface area contributed by atoms with Crippen LogP contribution in [0.4, 0.5) is 5.00 Å². The van der Waals surface area contributed by atoms with Gasteiger partial charge in [0.25, 0.3) is 5.91 Å². The van der Waals surface area contributed by atoms with Gasteiger partial charge in [0.1, 0.15) is 10.6 Å². The normalized spacial score (nSPS) is 10.4.